The molecule has 4 nitrogen and oxygen atoms in total. The molecule has 0 saturated carbocycles. The van der Waals surface area contributed by atoms with Gasteiger partial charge in [0.1, 0.15) is 0 Å². The summed E-state index contributed by atoms with van der Waals surface area (Å²) in [7, 11) is 0. The zero-order chi connectivity index (χ0) is 5.70. The summed E-state index contributed by atoms with van der Waals surface area (Å²) in [5.41, 5.74) is 0. The molecule has 0 radical (unpaired) electrons. The van der Waals surface area contributed by atoms with Crippen LogP contribution in [-0.2, 0) is 9.53 Å². The quantitative estimate of drug-likeness (QED) is 0.307. The molecule has 48 valence electrons. The van der Waals surface area contributed by atoms with Gasteiger partial charge in [-0.25, -0.2) is 0 Å². The highest BCUT2D eigenvalue weighted by molar-refractivity contribution is 5.37. The summed E-state index contributed by atoms with van der Waals surface area (Å²) in [4.78, 5) is 9.34. The molecule has 0 aliphatic carbocycles. The fourth-order valence-corrected chi connectivity index (χ4v) is 0.112. The van der Waals surface area contributed by atoms with E-state index in [4.69, 9.17) is 5.11 Å². The van der Waals surface area contributed by atoms with Crippen LogP contribution in [0.2, 0.25) is 0 Å². The number of carbonyl (C=O) groups excluding carboxylic acids is 1. The number of carbonyl (C=O) groups is 1. The predicted molar refractivity (Wildman–Crippen MR) is 28.4 cm³/mol. The summed E-state index contributed by atoms with van der Waals surface area (Å²) in [6.45, 7) is 3.30. The summed E-state index contributed by atoms with van der Waals surface area (Å²) < 4.78 is 3.95. The Labute approximate surface area is 47.3 Å². The molecule has 4 heteroatoms. The van der Waals surface area contributed by atoms with Gasteiger partial charge in [-0.1, -0.05) is 6.58 Å². The molecular formula is C4H9NO3. The van der Waals surface area contributed by atoms with Gasteiger partial charge in [0.25, 0.3) is 6.47 Å². The Balaban J connectivity index is 0. The van der Waals surface area contributed by atoms with Crippen molar-refractivity contribution in [2.24, 2.45) is 0 Å². The minimum atomic E-state index is -1.16. The first kappa shape index (κ1) is 10.2. The first-order valence-electron chi connectivity index (χ1n) is 1.71. The molecule has 1 unspecified atom stereocenters. The van der Waals surface area contributed by atoms with Crippen LogP contribution < -0.4 is 6.15 Å². The number of hydrogen-bond donors (Lipinski definition) is 2. The van der Waals surface area contributed by atoms with Crippen LogP contribution in [0.5, 0.6) is 0 Å². The van der Waals surface area contributed by atoms with E-state index in [9.17, 15) is 4.79 Å². The van der Waals surface area contributed by atoms with Gasteiger partial charge < -0.3 is 16.0 Å². The van der Waals surface area contributed by atoms with Gasteiger partial charge in [0.2, 0.25) is 6.29 Å². The molecule has 0 bridgehead atoms. The zero-order valence-corrected chi connectivity index (χ0v) is 4.41. The van der Waals surface area contributed by atoms with Crippen molar-refractivity contribution in [3.05, 3.63) is 12.7 Å². The second-order valence-electron chi connectivity index (χ2n) is 0.859. The Bertz CT molecular complexity index is 73.7. The van der Waals surface area contributed by atoms with Crippen LogP contribution in [0.1, 0.15) is 0 Å². The van der Waals surface area contributed by atoms with E-state index in [0.717, 1.165) is 6.08 Å². The first-order valence-corrected chi connectivity index (χ1v) is 1.71. The Morgan fingerprint density at radius 3 is 2.38 bits per heavy atom. The van der Waals surface area contributed by atoms with Crippen LogP contribution in [0, 0.1) is 0 Å². The van der Waals surface area contributed by atoms with Crippen molar-refractivity contribution in [3.8, 4) is 0 Å². The van der Waals surface area contributed by atoms with E-state index in [1.165, 1.54) is 0 Å². The lowest BCUT2D eigenvalue weighted by Crippen LogP contribution is -2.04. The lowest BCUT2D eigenvalue weighted by atomic mass is 10.6. The van der Waals surface area contributed by atoms with Crippen LogP contribution >= 0.6 is 0 Å². The zero-order valence-electron chi connectivity index (χ0n) is 4.41. The van der Waals surface area contributed by atoms with Crippen molar-refractivity contribution in [1.29, 1.82) is 0 Å². The summed E-state index contributed by atoms with van der Waals surface area (Å²) in [6.07, 6.45) is -0.0495. The predicted octanol–water partition coefficient (Wildman–Crippen LogP) is -0.174. The summed E-state index contributed by atoms with van der Waals surface area (Å²) >= 11 is 0. The SMILES string of the molecule is C=CC(O)OC=O.N. The first-order chi connectivity index (χ1) is 3.31. The van der Waals surface area contributed by atoms with E-state index in [0.29, 0.717) is 0 Å². The minimum absolute atomic E-state index is 0. The van der Waals surface area contributed by atoms with Gasteiger partial charge in [0, 0.05) is 0 Å². The Morgan fingerprint density at radius 2 is 2.25 bits per heavy atom. The van der Waals surface area contributed by atoms with Gasteiger partial charge in [0.15, 0.2) is 0 Å². The lowest BCUT2D eigenvalue weighted by Gasteiger charge is -1.97. The standard InChI is InChI=1S/C4H6O3.H3N/c1-2-4(6)7-3-5;/h2-4,6H,1H2;1H3. The van der Waals surface area contributed by atoms with E-state index in [2.05, 4.69) is 11.3 Å². The second kappa shape index (κ2) is 6.13. The molecule has 8 heavy (non-hydrogen) atoms. The third-order valence-electron chi connectivity index (χ3n) is 0.397. The Hall–Kier alpha value is -0.870. The molecule has 0 saturated heterocycles. The number of aliphatic hydroxyl groups is 1. The minimum Gasteiger partial charge on any atom is -0.434 e. The largest absolute Gasteiger partial charge is 0.434 e. The fourth-order valence-electron chi connectivity index (χ4n) is 0.112. The number of hydrogen-bond acceptors (Lipinski definition) is 4. The molecule has 0 rings (SSSR count). The van der Waals surface area contributed by atoms with Crippen LogP contribution in [0.15, 0.2) is 12.7 Å². The fraction of sp³-hybridized carbons (Fsp3) is 0.250. The van der Waals surface area contributed by atoms with Gasteiger partial charge in [-0.3, -0.25) is 4.79 Å². The van der Waals surface area contributed by atoms with Gasteiger partial charge in [-0.15, -0.1) is 0 Å². The maximum absolute atomic E-state index is 9.34. The molecule has 0 heterocycles. The van der Waals surface area contributed by atoms with Crippen molar-refractivity contribution < 1.29 is 14.6 Å². The Morgan fingerprint density at radius 1 is 1.75 bits per heavy atom. The van der Waals surface area contributed by atoms with Crippen molar-refractivity contribution in [1.82, 2.24) is 6.15 Å². The number of rotatable bonds is 3. The topological polar surface area (TPSA) is 81.5 Å². The van der Waals surface area contributed by atoms with Crippen LogP contribution in [0.4, 0.5) is 0 Å². The van der Waals surface area contributed by atoms with Crippen LogP contribution in [0.3, 0.4) is 0 Å². The average Bonchev–Trinajstić information content (AvgIpc) is 1.68. The van der Waals surface area contributed by atoms with E-state index in [1.807, 2.05) is 0 Å². The molecule has 0 spiro atoms. The molecule has 4 N–H and O–H groups in total. The number of ether oxygens (including phenoxy) is 1. The van der Waals surface area contributed by atoms with Crippen molar-refractivity contribution in [3.63, 3.8) is 0 Å². The van der Waals surface area contributed by atoms with Gasteiger partial charge in [-0.2, -0.15) is 0 Å². The molecule has 0 aliphatic rings. The maximum Gasteiger partial charge on any atom is 0.295 e. The lowest BCUT2D eigenvalue weighted by molar-refractivity contribution is -0.144. The van der Waals surface area contributed by atoms with Gasteiger partial charge in [-0.05, 0) is 6.08 Å². The normalized spacial score (nSPS) is 10.6. The molecular weight excluding hydrogens is 110 g/mol. The highest BCUT2D eigenvalue weighted by Crippen LogP contribution is 1.79. The summed E-state index contributed by atoms with van der Waals surface area (Å²) in [5, 5.41) is 8.29. The molecule has 0 aromatic rings. The highest BCUT2D eigenvalue weighted by Gasteiger charge is 1.89. The smallest absolute Gasteiger partial charge is 0.295 e. The molecule has 0 aromatic heterocycles. The third-order valence-corrected chi connectivity index (χ3v) is 0.397. The molecule has 0 amide bonds. The van der Waals surface area contributed by atoms with Gasteiger partial charge in [0.05, 0.1) is 0 Å². The van der Waals surface area contributed by atoms with Crippen LogP contribution in [-0.4, -0.2) is 17.9 Å². The highest BCUT2D eigenvalue weighted by atomic mass is 16.6. The summed E-state index contributed by atoms with van der Waals surface area (Å²) in [6, 6.07) is 0. The third kappa shape index (κ3) is 5.13. The van der Waals surface area contributed by atoms with E-state index in [-0.39, 0.29) is 12.6 Å². The van der Waals surface area contributed by atoms with E-state index >= 15 is 0 Å². The molecule has 1 atom stereocenters. The molecule has 0 fully saturated rings. The van der Waals surface area contributed by atoms with E-state index in [1.54, 1.807) is 0 Å². The monoisotopic (exact) mass is 119 g/mol. The summed E-state index contributed by atoms with van der Waals surface area (Å²) in [5.74, 6) is 0. The second-order valence-corrected chi connectivity index (χ2v) is 0.859. The maximum atomic E-state index is 9.34. The van der Waals surface area contributed by atoms with Crippen molar-refractivity contribution in [2.45, 2.75) is 6.29 Å². The Kier molecular flexibility index (Phi) is 7.80. The molecule has 0 aliphatic heterocycles. The molecule has 0 aromatic carbocycles. The van der Waals surface area contributed by atoms with Gasteiger partial charge >= 0.3 is 0 Å². The van der Waals surface area contributed by atoms with Crippen molar-refractivity contribution >= 4 is 6.47 Å². The van der Waals surface area contributed by atoms with E-state index < -0.39 is 6.29 Å². The number of aliphatic hydroxyl groups excluding tert-OH is 1. The average molecular weight is 119 g/mol. The van der Waals surface area contributed by atoms with Crippen molar-refractivity contribution in [2.75, 3.05) is 0 Å². The van der Waals surface area contributed by atoms with Crippen LogP contribution in [0.25, 0.3) is 0 Å².